The standard InChI is InChI=1S/C14H10ClN3OS2/c1-8-12(21-7-16-8)6-10-13(19)18(14(20)17-10)11-5-3-2-4-9(11)15/h2-7H,1H3,(H,17,20). The fourth-order valence-electron chi connectivity index (χ4n) is 1.97. The van der Waals surface area contributed by atoms with E-state index >= 15 is 0 Å². The van der Waals surface area contributed by atoms with Gasteiger partial charge in [-0.1, -0.05) is 23.7 Å². The van der Waals surface area contributed by atoms with Crippen molar-refractivity contribution in [2.45, 2.75) is 6.92 Å². The zero-order valence-corrected chi connectivity index (χ0v) is 13.4. The molecule has 106 valence electrons. The van der Waals surface area contributed by atoms with Crippen LogP contribution in [0, 0.1) is 6.92 Å². The number of anilines is 1. The van der Waals surface area contributed by atoms with Crippen LogP contribution in [0.1, 0.15) is 10.6 Å². The number of thiocarbonyl (C=S) groups is 1. The third kappa shape index (κ3) is 2.57. The minimum atomic E-state index is -0.221. The molecule has 21 heavy (non-hydrogen) atoms. The first-order valence-electron chi connectivity index (χ1n) is 6.09. The third-order valence-electron chi connectivity index (χ3n) is 3.03. The maximum Gasteiger partial charge on any atom is 0.281 e. The molecule has 0 atom stereocenters. The Morgan fingerprint density at radius 2 is 2.19 bits per heavy atom. The lowest BCUT2D eigenvalue weighted by Gasteiger charge is -2.15. The van der Waals surface area contributed by atoms with Crippen molar-refractivity contribution < 1.29 is 4.79 Å². The second-order valence-electron chi connectivity index (χ2n) is 4.38. The number of thiazole rings is 1. The number of nitrogens with one attached hydrogen (secondary N) is 1. The van der Waals surface area contributed by atoms with Crippen molar-refractivity contribution in [3.63, 3.8) is 0 Å². The highest BCUT2D eigenvalue weighted by Crippen LogP contribution is 2.29. The molecule has 1 aromatic carbocycles. The van der Waals surface area contributed by atoms with Crippen LogP contribution in [0.4, 0.5) is 5.69 Å². The Morgan fingerprint density at radius 3 is 2.86 bits per heavy atom. The Labute approximate surface area is 136 Å². The maximum absolute atomic E-state index is 12.5. The van der Waals surface area contributed by atoms with E-state index in [4.69, 9.17) is 23.8 Å². The number of carbonyl (C=O) groups excluding carboxylic acids is 1. The van der Waals surface area contributed by atoms with Crippen LogP contribution in [0.5, 0.6) is 0 Å². The molecule has 0 saturated carbocycles. The molecule has 1 N–H and O–H groups in total. The Hall–Kier alpha value is -1.76. The van der Waals surface area contributed by atoms with E-state index in [2.05, 4.69) is 10.3 Å². The average molecular weight is 336 g/mol. The van der Waals surface area contributed by atoms with Gasteiger partial charge in [-0.05, 0) is 37.4 Å². The normalized spacial score (nSPS) is 16.7. The lowest BCUT2D eigenvalue weighted by molar-refractivity contribution is -0.113. The summed E-state index contributed by atoms with van der Waals surface area (Å²) in [7, 11) is 0. The van der Waals surface area contributed by atoms with Crippen molar-refractivity contribution in [1.29, 1.82) is 0 Å². The second-order valence-corrected chi connectivity index (χ2v) is 6.06. The number of aryl methyl sites for hydroxylation is 1. The number of para-hydroxylation sites is 1. The van der Waals surface area contributed by atoms with Gasteiger partial charge in [0.05, 0.1) is 26.8 Å². The number of aromatic nitrogens is 1. The summed E-state index contributed by atoms with van der Waals surface area (Å²) in [5.41, 5.74) is 3.62. The van der Waals surface area contributed by atoms with Crippen molar-refractivity contribution in [2.75, 3.05) is 4.90 Å². The molecule has 2 heterocycles. The predicted molar refractivity (Wildman–Crippen MR) is 89.5 cm³/mol. The summed E-state index contributed by atoms with van der Waals surface area (Å²) in [4.78, 5) is 19.0. The lowest BCUT2D eigenvalue weighted by atomic mass is 10.2. The first kappa shape index (κ1) is 14.2. The molecule has 1 fully saturated rings. The molecule has 0 bridgehead atoms. The van der Waals surface area contributed by atoms with Gasteiger partial charge in [-0.25, -0.2) is 4.98 Å². The highest BCUT2D eigenvalue weighted by atomic mass is 35.5. The summed E-state index contributed by atoms with van der Waals surface area (Å²) in [5, 5.41) is 3.73. The molecular formula is C14H10ClN3OS2. The van der Waals surface area contributed by atoms with Gasteiger partial charge in [0.2, 0.25) is 0 Å². The van der Waals surface area contributed by atoms with Crippen molar-refractivity contribution in [1.82, 2.24) is 10.3 Å². The Morgan fingerprint density at radius 1 is 1.43 bits per heavy atom. The van der Waals surface area contributed by atoms with Gasteiger partial charge in [-0.3, -0.25) is 9.69 Å². The van der Waals surface area contributed by atoms with Crippen LogP contribution in [0.3, 0.4) is 0 Å². The van der Waals surface area contributed by atoms with E-state index in [1.165, 1.54) is 16.2 Å². The summed E-state index contributed by atoms with van der Waals surface area (Å²) >= 11 is 12.9. The van der Waals surface area contributed by atoms with Gasteiger partial charge in [0, 0.05) is 0 Å². The molecule has 3 rings (SSSR count). The Balaban J connectivity index is 1.99. The van der Waals surface area contributed by atoms with Crippen molar-refractivity contribution in [3.8, 4) is 0 Å². The largest absolute Gasteiger partial charge is 0.327 e. The smallest absolute Gasteiger partial charge is 0.281 e. The van der Waals surface area contributed by atoms with Gasteiger partial charge in [-0.15, -0.1) is 11.3 Å². The second kappa shape index (κ2) is 5.55. The fraction of sp³-hybridized carbons (Fsp3) is 0.0714. The zero-order valence-electron chi connectivity index (χ0n) is 11.0. The monoisotopic (exact) mass is 335 g/mol. The van der Waals surface area contributed by atoms with Crippen molar-refractivity contribution >= 4 is 57.9 Å². The molecule has 7 heteroatoms. The van der Waals surface area contributed by atoms with Gasteiger partial charge in [0.15, 0.2) is 5.11 Å². The Bertz CT molecular complexity index is 769. The number of hydrogen-bond donors (Lipinski definition) is 1. The number of hydrogen-bond acceptors (Lipinski definition) is 4. The molecule has 1 aliphatic rings. The number of rotatable bonds is 2. The molecule has 1 aliphatic heterocycles. The molecule has 4 nitrogen and oxygen atoms in total. The molecule has 0 unspecified atom stereocenters. The van der Waals surface area contributed by atoms with E-state index in [9.17, 15) is 4.79 Å². The highest BCUT2D eigenvalue weighted by molar-refractivity contribution is 7.80. The molecular weight excluding hydrogens is 326 g/mol. The lowest BCUT2D eigenvalue weighted by Crippen LogP contribution is -2.30. The highest BCUT2D eigenvalue weighted by Gasteiger charge is 2.33. The molecule has 0 radical (unpaired) electrons. The van der Waals surface area contributed by atoms with Crippen LogP contribution in [-0.4, -0.2) is 16.0 Å². The molecule has 2 aromatic rings. The van der Waals surface area contributed by atoms with Crippen molar-refractivity contribution in [2.24, 2.45) is 0 Å². The molecule has 1 saturated heterocycles. The molecule has 1 amide bonds. The van der Waals surface area contributed by atoms with Crippen LogP contribution >= 0.6 is 35.2 Å². The van der Waals surface area contributed by atoms with Gasteiger partial charge in [0.1, 0.15) is 5.70 Å². The molecule has 0 aliphatic carbocycles. The summed E-state index contributed by atoms with van der Waals surface area (Å²) in [5.74, 6) is -0.221. The minimum absolute atomic E-state index is 0.221. The van der Waals surface area contributed by atoms with Gasteiger partial charge in [-0.2, -0.15) is 0 Å². The van der Waals surface area contributed by atoms with Crippen LogP contribution in [0.15, 0.2) is 35.5 Å². The number of halogens is 1. The topological polar surface area (TPSA) is 45.2 Å². The average Bonchev–Trinajstić information content (AvgIpc) is 2.97. The Kier molecular flexibility index (Phi) is 3.75. The van der Waals surface area contributed by atoms with E-state index in [0.717, 1.165) is 10.6 Å². The molecule has 1 aromatic heterocycles. The van der Waals surface area contributed by atoms with E-state index in [-0.39, 0.29) is 5.91 Å². The van der Waals surface area contributed by atoms with E-state index in [1.54, 1.807) is 29.8 Å². The first-order chi connectivity index (χ1) is 10.1. The van der Waals surface area contributed by atoms with Crippen LogP contribution in [0.2, 0.25) is 5.02 Å². The number of amides is 1. The van der Waals surface area contributed by atoms with E-state index in [1.807, 2.05) is 13.0 Å². The summed E-state index contributed by atoms with van der Waals surface area (Å²) in [6, 6.07) is 7.10. The van der Waals surface area contributed by atoms with Gasteiger partial charge in [0.25, 0.3) is 5.91 Å². The summed E-state index contributed by atoms with van der Waals surface area (Å²) in [6.07, 6.45) is 1.76. The van der Waals surface area contributed by atoms with E-state index in [0.29, 0.717) is 21.5 Å². The van der Waals surface area contributed by atoms with Gasteiger partial charge < -0.3 is 5.32 Å². The molecule has 0 spiro atoms. The quantitative estimate of drug-likeness (QED) is 0.675. The van der Waals surface area contributed by atoms with E-state index < -0.39 is 0 Å². The van der Waals surface area contributed by atoms with Crippen molar-refractivity contribution in [3.05, 3.63) is 51.1 Å². The fourth-order valence-corrected chi connectivity index (χ4v) is 3.21. The SMILES string of the molecule is Cc1ncsc1C=C1NC(=S)N(c2ccccc2Cl)C1=O. The van der Waals surface area contributed by atoms with Crippen LogP contribution in [0.25, 0.3) is 6.08 Å². The minimum Gasteiger partial charge on any atom is -0.327 e. The first-order valence-corrected chi connectivity index (χ1v) is 7.76. The third-order valence-corrected chi connectivity index (χ3v) is 4.51. The number of nitrogens with zero attached hydrogens (tertiary/aromatic N) is 2. The van der Waals surface area contributed by atoms with Crippen LogP contribution < -0.4 is 10.2 Å². The summed E-state index contributed by atoms with van der Waals surface area (Å²) < 4.78 is 0. The zero-order chi connectivity index (χ0) is 15.0. The summed E-state index contributed by atoms with van der Waals surface area (Å²) in [6.45, 7) is 1.90. The van der Waals surface area contributed by atoms with Gasteiger partial charge >= 0.3 is 0 Å². The number of carbonyl (C=O) groups is 1. The maximum atomic E-state index is 12.5. The predicted octanol–water partition coefficient (Wildman–Crippen LogP) is 3.37. The van der Waals surface area contributed by atoms with Crippen LogP contribution in [-0.2, 0) is 4.79 Å². The number of benzene rings is 1.